The molecule has 0 bridgehead atoms. The molecule has 24 heavy (non-hydrogen) atoms. The molecule has 6 nitrogen and oxygen atoms in total. The Labute approximate surface area is 143 Å². The molecule has 130 valence electrons. The van der Waals surface area contributed by atoms with Gasteiger partial charge >= 0.3 is 0 Å². The first-order chi connectivity index (χ1) is 11.6. The molecule has 1 aliphatic rings. The second-order valence-corrected chi connectivity index (χ2v) is 5.99. The number of piperazine rings is 1. The van der Waals surface area contributed by atoms with Crippen LogP contribution in [0.1, 0.15) is 5.56 Å². The largest absolute Gasteiger partial charge is 0.352 e. The smallest absolute Gasteiger partial charge is 0.239 e. The quantitative estimate of drug-likeness (QED) is 0.690. The fourth-order valence-corrected chi connectivity index (χ4v) is 2.76. The van der Waals surface area contributed by atoms with Crippen LogP contribution in [0.25, 0.3) is 0 Å². The molecule has 0 radical (unpaired) electrons. The zero-order valence-electron chi connectivity index (χ0n) is 14.0. The lowest BCUT2D eigenvalue weighted by Gasteiger charge is -2.35. The van der Waals surface area contributed by atoms with Crippen LogP contribution < -0.4 is 11.1 Å². The van der Waals surface area contributed by atoms with Crippen LogP contribution in [-0.2, 0) is 16.0 Å². The monoisotopic (exact) mass is 330 g/mol. The van der Waals surface area contributed by atoms with Crippen molar-refractivity contribution >= 4 is 11.8 Å². The maximum Gasteiger partial charge on any atom is 0.239 e. The molecule has 2 amide bonds. The van der Waals surface area contributed by atoms with Gasteiger partial charge in [-0.15, -0.1) is 6.58 Å². The average Bonchev–Trinajstić information content (AvgIpc) is 2.61. The van der Waals surface area contributed by atoms with Crippen molar-refractivity contribution in [3.63, 3.8) is 0 Å². The first-order valence-corrected chi connectivity index (χ1v) is 8.28. The lowest BCUT2D eigenvalue weighted by molar-refractivity contribution is -0.134. The Hall–Kier alpha value is -2.18. The van der Waals surface area contributed by atoms with Gasteiger partial charge in [0.05, 0.1) is 12.6 Å². The third-order valence-corrected chi connectivity index (χ3v) is 4.11. The Balaban J connectivity index is 1.75. The third-order valence-electron chi connectivity index (χ3n) is 4.11. The maximum absolute atomic E-state index is 12.5. The first-order valence-electron chi connectivity index (χ1n) is 8.28. The molecule has 0 spiro atoms. The third kappa shape index (κ3) is 5.47. The zero-order valence-corrected chi connectivity index (χ0v) is 14.0. The van der Waals surface area contributed by atoms with Crippen molar-refractivity contribution in [3.05, 3.63) is 48.6 Å². The highest BCUT2D eigenvalue weighted by molar-refractivity contribution is 5.82. The van der Waals surface area contributed by atoms with Crippen molar-refractivity contribution in [2.24, 2.45) is 5.73 Å². The molecule has 0 aromatic heterocycles. The highest BCUT2D eigenvalue weighted by Crippen LogP contribution is 2.07. The number of rotatable bonds is 7. The van der Waals surface area contributed by atoms with Gasteiger partial charge < -0.3 is 16.0 Å². The molecule has 1 aromatic rings. The number of amides is 2. The van der Waals surface area contributed by atoms with Gasteiger partial charge in [0.2, 0.25) is 11.8 Å². The molecule has 1 atom stereocenters. The van der Waals surface area contributed by atoms with Crippen LogP contribution >= 0.6 is 0 Å². The van der Waals surface area contributed by atoms with Crippen LogP contribution in [-0.4, -0.2) is 66.9 Å². The summed E-state index contributed by atoms with van der Waals surface area (Å²) >= 11 is 0. The Morgan fingerprint density at radius 1 is 1.21 bits per heavy atom. The van der Waals surface area contributed by atoms with Gasteiger partial charge in [0.15, 0.2) is 0 Å². The molecule has 1 saturated heterocycles. The molecule has 2 rings (SSSR count). The molecule has 1 aliphatic heterocycles. The van der Waals surface area contributed by atoms with Gasteiger partial charge in [-0.2, -0.15) is 0 Å². The molecule has 1 heterocycles. The Morgan fingerprint density at radius 2 is 1.88 bits per heavy atom. The number of benzene rings is 1. The van der Waals surface area contributed by atoms with E-state index in [2.05, 4.69) is 11.9 Å². The minimum absolute atomic E-state index is 0.0181. The molecule has 3 N–H and O–H groups in total. The predicted molar refractivity (Wildman–Crippen MR) is 94.3 cm³/mol. The van der Waals surface area contributed by atoms with Crippen molar-refractivity contribution in [3.8, 4) is 0 Å². The topological polar surface area (TPSA) is 78.7 Å². The Morgan fingerprint density at radius 3 is 2.50 bits per heavy atom. The van der Waals surface area contributed by atoms with Gasteiger partial charge in [-0.3, -0.25) is 14.5 Å². The van der Waals surface area contributed by atoms with E-state index in [1.165, 1.54) is 0 Å². The second kappa shape index (κ2) is 9.20. The van der Waals surface area contributed by atoms with Crippen LogP contribution in [0.4, 0.5) is 0 Å². The van der Waals surface area contributed by atoms with E-state index in [0.29, 0.717) is 45.7 Å². The number of nitrogens with two attached hydrogens (primary N) is 1. The van der Waals surface area contributed by atoms with Crippen LogP contribution in [0.5, 0.6) is 0 Å². The molecule has 1 aromatic carbocycles. The Bertz CT molecular complexity index is 553. The second-order valence-electron chi connectivity index (χ2n) is 5.99. The standard InChI is InChI=1S/C18H26N4O2/c1-2-8-20-17(23)14-21-9-11-22(12-10-21)18(24)16(19)13-15-6-4-3-5-7-15/h2-7,16H,1,8-14,19H2,(H,20,23). The summed E-state index contributed by atoms with van der Waals surface area (Å²) in [4.78, 5) is 28.0. The number of nitrogens with zero attached hydrogens (tertiary/aromatic N) is 2. The molecule has 1 unspecified atom stereocenters. The number of hydrogen-bond acceptors (Lipinski definition) is 4. The van der Waals surface area contributed by atoms with Gasteiger partial charge in [-0.25, -0.2) is 0 Å². The van der Waals surface area contributed by atoms with E-state index in [1.807, 2.05) is 35.2 Å². The molecule has 1 fully saturated rings. The lowest BCUT2D eigenvalue weighted by Crippen LogP contribution is -2.54. The van der Waals surface area contributed by atoms with Crippen LogP contribution in [0.3, 0.4) is 0 Å². The number of carbonyl (C=O) groups is 2. The predicted octanol–water partition coefficient (Wildman–Crippen LogP) is 0.00280. The summed E-state index contributed by atoms with van der Waals surface area (Å²) in [5.74, 6) is -0.0370. The summed E-state index contributed by atoms with van der Waals surface area (Å²) in [6.45, 7) is 6.99. The van der Waals surface area contributed by atoms with Crippen molar-refractivity contribution in [2.45, 2.75) is 12.5 Å². The molecular formula is C18H26N4O2. The van der Waals surface area contributed by atoms with Crippen molar-refractivity contribution in [1.82, 2.24) is 15.1 Å². The number of hydrogen-bond donors (Lipinski definition) is 2. The lowest BCUT2D eigenvalue weighted by atomic mass is 10.1. The summed E-state index contributed by atoms with van der Waals surface area (Å²) in [7, 11) is 0. The van der Waals surface area contributed by atoms with E-state index in [9.17, 15) is 9.59 Å². The first kappa shape index (κ1) is 18.2. The highest BCUT2D eigenvalue weighted by atomic mass is 16.2. The van der Waals surface area contributed by atoms with E-state index in [-0.39, 0.29) is 11.8 Å². The Kier molecular flexibility index (Phi) is 6.96. The van der Waals surface area contributed by atoms with Gasteiger partial charge in [0, 0.05) is 32.7 Å². The SMILES string of the molecule is C=CCNC(=O)CN1CCN(C(=O)C(N)Cc2ccccc2)CC1. The molecule has 0 aliphatic carbocycles. The summed E-state index contributed by atoms with van der Waals surface area (Å²) in [5, 5.41) is 2.76. The van der Waals surface area contributed by atoms with Crippen LogP contribution in [0.2, 0.25) is 0 Å². The van der Waals surface area contributed by atoms with Crippen molar-refractivity contribution < 1.29 is 9.59 Å². The molecule has 0 saturated carbocycles. The van der Waals surface area contributed by atoms with E-state index >= 15 is 0 Å². The normalized spacial score (nSPS) is 16.5. The van der Waals surface area contributed by atoms with E-state index in [1.54, 1.807) is 11.0 Å². The fraction of sp³-hybridized carbons (Fsp3) is 0.444. The number of nitrogens with one attached hydrogen (secondary N) is 1. The van der Waals surface area contributed by atoms with Gasteiger partial charge in [0.1, 0.15) is 0 Å². The van der Waals surface area contributed by atoms with Crippen LogP contribution in [0, 0.1) is 0 Å². The summed E-state index contributed by atoms with van der Waals surface area (Å²) in [6, 6.07) is 9.28. The maximum atomic E-state index is 12.5. The average molecular weight is 330 g/mol. The minimum atomic E-state index is -0.519. The molecular weight excluding hydrogens is 304 g/mol. The summed E-state index contributed by atoms with van der Waals surface area (Å²) < 4.78 is 0. The van der Waals surface area contributed by atoms with Crippen LogP contribution in [0.15, 0.2) is 43.0 Å². The van der Waals surface area contributed by atoms with E-state index in [0.717, 1.165) is 5.56 Å². The van der Waals surface area contributed by atoms with Gasteiger partial charge in [0.25, 0.3) is 0 Å². The number of carbonyl (C=O) groups excluding carboxylic acids is 2. The van der Waals surface area contributed by atoms with Gasteiger partial charge in [-0.1, -0.05) is 36.4 Å². The highest BCUT2D eigenvalue weighted by Gasteiger charge is 2.26. The fourth-order valence-electron chi connectivity index (χ4n) is 2.76. The zero-order chi connectivity index (χ0) is 17.4. The van der Waals surface area contributed by atoms with Crippen molar-refractivity contribution in [1.29, 1.82) is 0 Å². The summed E-state index contributed by atoms with van der Waals surface area (Å²) in [5.41, 5.74) is 7.14. The van der Waals surface area contributed by atoms with E-state index in [4.69, 9.17) is 5.73 Å². The minimum Gasteiger partial charge on any atom is -0.352 e. The molecule has 6 heteroatoms. The van der Waals surface area contributed by atoms with E-state index < -0.39 is 6.04 Å². The summed E-state index contributed by atoms with van der Waals surface area (Å²) in [6.07, 6.45) is 2.20. The van der Waals surface area contributed by atoms with Crippen molar-refractivity contribution in [2.75, 3.05) is 39.3 Å². The van der Waals surface area contributed by atoms with Gasteiger partial charge in [-0.05, 0) is 12.0 Å².